The van der Waals surface area contributed by atoms with Crippen molar-refractivity contribution in [3.8, 4) is 0 Å². The Kier molecular flexibility index (Phi) is 42.2. The van der Waals surface area contributed by atoms with Gasteiger partial charge in [0.1, 0.15) is 36.6 Å². The number of nitrogens with one attached hydrogen (secondary N) is 1. The molecule has 0 spiro atoms. The highest BCUT2D eigenvalue weighted by Gasteiger charge is 2.51. The van der Waals surface area contributed by atoms with Gasteiger partial charge in [-0.1, -0.05) is 244 Å². The number of amides is 1. The number of aliphatic hydroxyl groups is 7. The molecule has 1 amide bonds. The quantitative estimate of drug-likeness (QED) is 0.0158. The number of phosphoric ester groups is 1. The first kappa shape index (κ1) is 65.8. The zero-order chi connectivity index (χ0) is 50.8. The van der Waals surface area contributed by atoms with Crippen molar-refractivity contribution >= 4 is 13.7 Å². The molecule has 0 saturated heterocycles. The lowest BCUT2D eigenvalue weighted by Crippen LogP contribution is -2.64. The van der Waals surface area contributed by atoms with E-state index in [4.69, 9.17) is 9.05 Å². The molecule has 0 radical (unpaired) electrons. The predicted molar refractivity (Wildman–Crippen MR) is 280 cm³/mol. The Labute approximate surface area is 420 Å². The highest BCUT2D eigenvalue weighted by atomic mass is 31.2. The van der Waals surface area contributed by atoms with Gasteiger partial charge < -0.3 is 46.0 Å². The Bertz CT molecular complexity index is 1270. The fourth-order valence-electron chi connectivity index (χ4n) is 9.20. The molecule has 69 heavy (non-hydrogen) atoms. The molecule has 1 rings (SSSR count). The van der Waals surface area contributed by atoms with E-state index in [0.717, 1.165) is 44.9 Å². The maximum Gasteiger partial charge on any atom is 0.472 e. The van der Waals surface area contributed by atoms with E-state index in [1.807, 2.05) is 0 Å². The molecule has 13 nitrogen and oxygen atoms in total. The third-order valence-corrected chi connectivity index (χ3v) is 14.8. The van der Waals surface area contributed by atoms with E-state index >= 15 is 0 Å². The standard InChI is InChI=1S/C55H106NO12P/c1-3-5-7-9-11-13-15-17-19-21-23-24-25-27-29-31-33-35-37-39-41-43-48(58)47(45-67-69(65,66)68-55-53(63)51(61)50(60)52(62)54(55)64)56-49(59)44-46(57)42-40-38-36-34-32-30-28-26-22-20-18-16-14-12-10-8-6-4-2/h33,35,41,43,46-48,50-55,57-58,60-64H,3-32,34,36-40,42,44-45H2,1-2H3,(H,56,59)(H,65,66)/b35-33+,43-41+. The second kappa shape index (κ2) is 44.3. The molecule has 9 N–H and O–H groups in total. The van der Waals surface area contributed by atoms with E-state index < -0.39 is 75.2 Å². The second-order valence-electron chi connectivity index (χ2n) is 20.3. The molecule has 1 aliphatic carbocycles. The second-order valence-corrected chi connectivity index (χ2v) is 21.7. The third-order valence-electron chi connectivity index (χ3n) is 13.8. The van der Waals surface area contributed by atoms with E-state index in [1.54, 1.807) is 6.08 Å². The maximum atomic E-state index is 13.1. The number of rotatable bonds is 48. The number of unbranched alkanes of at least 4 members (excludes halogenated alkanes) is 33. The van der Waals surface area contributed by atoms with E-state index in [-0.39, 0.29) is 6.42 Å². The topological polar surface area (TPSA) is 226 Å². The van der Waals surface area contributed by atoms with Crippen molar-refractivity contribution < 1.29 is 59.0 Å². The van der Waals surface area contributed by atoms with Crippen molar-refractivity contribution in [3.05, 3.63) is 24.3 Å². The number of allylic oxidation sites excluding steroid dienone is 3. The number of hydrogen-bond donors (Lipinski definition) is 9. The summed E-state index contributed by atoms with van der Waals surface area (Å²) in [6, 6.07) is -1.25. The van der Waals surface area contributed by atoms with E-state index in [9.17, 15) is 50.0 Å². The molecule has 0 aromatic carbocycles. The van der Waals surface area contributed by atoms with Crippen molar-refractivity contribution in [2.75, 3.05) is 6.61 Å². The van der Waals surface area contributed by atoms with Crippen molar-refractivity contribution in [2.24, 2.45) is 0 Å². The fraction of sp³-hybridized carbons (Fsp3) is 0.909. The van der Waals surface area contributed by atoms with E-state index in [2.05, 4.69) is 31.3 Å². The number of hydrogen-bond acceptors (Lipinski definition) is 11. The summed E-state index contributed by atoms with van der Waals surface area (Å²) >= 11 is 0. The van der Waals surface area contributed by atoms with Crippen LogP contribution in [0.4, 0.5) is 0 Å². The fourth-order valence-corrected chi connectivity index (χ4v) is 10.2. The van der Waals surface area contributed by atoms with Crippen LogP contribution in [0.1, 0.15) is 258 Å². The molecule has 0 aliphatic heterocycles. The Hall–Kier alpha value is -1.22. The van der Waals surface area contributed by atoms with Gasteiger partial charge in [-0.25, -0.2) is 4.57 Å². The zero-order valence-electron chi connectivity index (χ0n) is 43.7. The van der Waals surface area contributed by atoms with Crippen LogP contribution >= 0.6 is 7.82 Å². The van der Waals surface area contributed by atoms with Crippen LogP contribution in [-0.2, 0) is 18.4 Å². The Morgan fingerprint density at radius 3 is 1.28 bits per heavy atom. The van der Waals surface area contributed by atoms with Gasteiger partial charge in [-0.15, -0.1) is 0 Å². The first-order valence-electron chi connectivity index (χ1n) is 28.4. The monoisotopic (exact) mass is 1000 g/mol. The molecule has 0 heterocycles. The highest BCUT2D eigenvalue weighted by Crippen LogP contribution is 2.47. The summed E-state index contributed by atoms with van der Waals surface area (Å²) in [6.07, 6.45) is 38.3. The van der Waals surface area contributed by atoms with Crippen LogP contribution in [0.25, 0.3) is 0 Å². The molecule has 1 saturated carbocycles. The first-order chi connectivity index (χ1) is 33.3. The molecule has 1 aliphatic rings. The molecular formula is C55H106NO12P. The molecule has 408 valence electrons. The normalized spacial score (nSPS) is 22.1. The smallest absolute Gasteiger partial charge is 0.393 e. The van der Waals surface area contributed by atoms with Crippen LogP contribution in [0.5, 0.6) is 0 Å². The van der Waals surface area contributed by atoms with Gasteiger partial charge in [0.15, 0.2) is 0 Å². The number of aliphatic hydroxyl groups excluding tert-OH is 7. The van der Waals surface area contributed by atoms with E-state index in [0.29, 0.717) is 12.8 Å². The molecular weight excluding hydrogens is 898 g/mol. The highest BCUT2D eigenvalue weighted by molar-refractivity contribution is 7.47. The summed E-state index contributed by atoms with van der Waals surface area (Å²) in [5, 5.41) is 74.8. The van der Waals surface area contributed by atoms with Crippen LogP contribution in [0.3, 0.4) is 0 Å². The molecule has 0 aromatic rings. The first-order valence-corrected chi connectivity index (χ1v) is 29.9. The van der Waals surface area contributed by atoms with Crippen LogP contribution in [0, 0.1) is 0 Å². The minimum Gasteiger partial charge on any atom is -0.393 e. The van der Waals surface area contributed by atoms with Crippen LogP contribution in [0.15, 0.2) is 24.3 Å². The number of carbonyl (C=O) groups is 1. The van der Waals surface area contributed by atoms with Crippen LogP contribution < -0.4 is 5.32 Å². The van der Waals surface area contributed by atoms with Gasteiger partial charge in [0, 0.05) is 0 Å². The van der Waals surface area contributed by atoms with Gasteiger partial charge in [0.05, 0.1) is 31.3 Å². The summed E-state index contributed by atoms with van der Waals surface area (Å²) in [6.45, 7) is 3.78. The average molecular weight is 1000 g/mol. The molecule has 14 heteroatoms. The lowest BCUT2D eigenvalue weighted by atomic mass is 9.85. The Morgan fingerprint density at radius 2 is 0.855 bits per heavy atom. The van der Waals surface area contributed by atoms with Gasteiger partial charge >= 0.3 is 7.82 Å². The summed E-state index contributed by atoms with van der Waals surface area (Å²) < 4.78 is 23.0. The van der Waals surface area contributed by atoms with Crippen LogP contribution in [-0.4, -0.2) is 108 Å². The summed E-state index contributed by atoms with van der Waals surface area (Å²) in [5.41, 5.74) is 0. The minimum atomic E-state index is -5.15. The van der Waals surface area contributed by atoms with Gasteiger partial charge in [-0.2, -0.15) is 0 Å². The average Bonchev–Trinajstić information content (AvgIpc) is 3.32. The maximum absolute atomic E-state index is 13.1. The van der Waals surface area contributed by atoms with E-state index in [1.165, 1.54) is 186 Å². The van der Waals surface area contributed by atoms with Gasteiger partial charge in [0.2, 0.25) is 5.91 Å². The summed E-state index contributed by atoms with van der Waals surface area (Å²) in [4.78, 5) is 23.6. The van der Waals surface area contributed by atoms with Crippen LogP contribution in [0.2, 0.25) is 0 Å². The van der Waals surface area contributed by atoms with Gasteiger partial charge in [-0.3, -0.25) is 13.8 Å². The van der Waals surface area contributed by atoms with Crippen molar-refractivity contribution in [2.45, 2.75) is 313 Å². The largest absolute Gasteiger partial charge is 0.472 e. The lowest BCUT2D eigenvalue weighted by Gasteiger charge is -2.41. The Morgan fingerprint density at radius 1 is 0.507 bits per heavy atom. The number of carbonyl (C=O) groups excluding carboxylic acids is 1. The lowest BCUT2D eigenvalue weighted by molar-refractivity contribution is -0.220. The predicted octanol–water partition coefficient (Wildman–Crippen LogP) is 11.5. The molecule has 1 fully saturated rings. The molecule has 8 unspecified atom stereocenters. The molecule has 0 aromatic heterocycles. The third kappa shape index (κ3) is 35.6. The summed E-state index contributed by atoms with van der Waals surface area (Å²) in [5.74, 6) is -0.597. The Balaban J connectivity index is 2.45. The van der Waals surface area contributed by atoms with Gasteiger partial charge in [0.25, 0.3) is 0 Å². The molecule has 0 bridgehead atoms. The minimum absolute atomic E-state index is 0.248. The molecule has 8 atom stereocenters. The number of phosphoric acid groups is 1. The zero-order valence-corrected chi connectivity index (χ0v) is 44.6. The van der Waals surface area contributed by atoms with Gasteiger partial charge in [-0.05, 0) is 32.1 Å². The SMILES string of the molecule is CCCCCCCCCCCCCCCCC/C=C/CC/C=C/C(O)C(COP(=O)(O)OC1C(O)C(O)C(O)C(O)C1O)NC(=O)CC(O)CCCCCCCCCCCCCCCCCCCC. The van der Waals surface area contributed by atoms with Crippen molar-refractivity contribution in [3.63, 3.8) is 0 Å². The van der Waals surface area contributed by atoms with Crippen molar-refractivity contribution in [1.29, 1.82) is 0 Å². The van der Waals surface area contributed by atoms with Crippen molar-refractivity contribution in [1.82, 2.24) is 5.32 Å². The summed E-state index contributed by atoms with van der Waals surface area (Å²) in [7, 11) is -5.15.